The minimum atomic E-state index is -0.294. The molecular formula is C14H19N3O2. The molecular weight excluding hydrogens is 242 g/mol. The van der Waals surface area contributed by atoms with Crippen LogP contribution in [-0.4, -0.2) is 29.0 Å². The summed E-state index contributed by atoms with van der Waals surface area (Å²) < 4.78 is 0. The van der Waals surface area contributed by atoms with E-state index in [4.69, 9.17) is 5.73 Å². The molecule has 0 radical (unpaired) electrons. The summed E-state index contributed by atoms with van der Waals surface area (Å²) in [4.78, 5) is 13.0. The molecule has 0 spiro atoms. The van der Waals surface area contributed by atoms with Crippen LogP contribution in [0.3, 0.4) is 0 Å². The van der Waals surface area contributed by atoms with Crippen LogP contribution < -0.4 is 5.73 Å². The number of hydrogen-bond donors (Lipinski definition) is 1. The topological polar surface area (TPSA) is 72.4 Å². The molecule has 3 unspecified atom stereocenters. The fourth-order valence-electron chi connectivity index (χ4n) is 3.59. The third-order valence-corrected chi connectivity index (χ3v) is 4.57. The Morgan fingerprint density at radius 3 is 2.84 bits per heavy atom. The number of fused-ring (bicyclic) bond motifs is 1. The highest BCUT2D eigenvalue weighted by Gasteiger charge is 2.41. The summed E-state index contributed by atoms with van der Waals surface area (Å²) in [5.41, 5.74) is 7.15. The van der Waals surface area contributed by atoms with Crippen LogP contribution in [0, 0.1) is 22.0 Å². The summed E-state index contributed by atoms with van der Waals surface area (Å²) in [6.07, 6.45) is 2.34. The number of para-hydroxylation sites is 1. The molecule has 0 aromatic heterocycles. The van der Waals surface area contributed by atoms with E-state index < -0.39 is 0 Å². The quantitative estimate of drug-likeness (QED) is 0.664. The van der Waals surface area contributed by atoms with E-state index in [9.17, 15) is 10.1 Å². The van der Waals surface area contributed by atoms with Crippen molar-refractivity contribution in [3.8, 4) is 0 Å². The van der Waals surface area contributed by atoms with Crippen molar-refractivity contribution in [1.29, 1.82) is 0 Å². The van der Waals surface area contributed by atoms with Crippen molar-refractivity contribution in [2.75, 3.05) is 13.1 Å². The Bertz CT molecular complexity index is 491. The van der Waals surface area contributed by atoms with Crippen molar-refractivity contribution in [3.63, 3.8) is 0 Å². The van der Waals surface area contributed by atoms with Gasteiger partial charge in [0, 0.05) is 37.3 Å². The standard InChI is InChI=1S/C14H19N3O2/c15-13-6-5-10-7-16(9-12(10)13)8-11-3-1-2-4-14(11)17(18)19/h1-4,10,12-13H,5-9,15H2. The highest BCUT2D eigenvalue weighted by molar-refractivity contribution is 5.39. The minimum absolute atomic E-state index is 0.226. The average molecular weight is 261 g/mol. The van der Waals surface area contributed by atoms with Gasteiger partial charge in [-0.15, -0.1) is 0 Å². The summed E-state index contributed by atoms with van der Waals surface area (Å²) in [5.74, 6) is 1.28. The van der Waals surface area contributed by atoms with Crippen molar-refractivity contribution >= 4 is 5.69 Å². The summed E-state index contributed by atoms with van der Waals surface area (Å²) in [6.45, 7) is 2.68. The lowest BCUT2D eigenvalue weighted by molar-refractivity contribution is -0.385. The van der Waals surface area contributed by atoms with Crippen molar-refractivity contribution in [3.05, 3.63) is 39.9 Å². The second-order valence-corrected chi connectivity index (χ2v) is 5.75. The molecule has 5 nitrogen and oxygen atoms in total. The smallest absolute Gasteiger partial charge is 0.273 e. The van der Waals surface area contributed by atoms with Crippen LogP contribution in [0.1, 0.15) is 18.4 Å². The summed E-state index contributed by atoms with van der Waals surface area (Å²) in [5, 5.41) is 11.0. The monoisotopic (exact) mass is 261 g/mol. The zero-order chi connectivity index (χ0) is 13.4. The number of nitro groups is 1. The highest BCUT2D eigenvalue weighted by atomic mass is 16.6. The Labute approximate surface area is 112 Å². The van der Waals surface area contributed by atoms with Gasteiger partial charge in [0.15, 0.2) is 0 Å². The van der Waals surface area contributed by atoms with Crippen LogP contribution in [0.5, 0.6) is 0 Å². The molecule has 19 heavy (non-hydrogen) atoms. The highest BCUT2D eigenvalue weighted by Crippen LogP contribution is 2.38. The molecule has 102 valence electrons. The molecule has 3 rings (SSSR count). The molecule has 2 aliphatic rings. The van der Waals surface area contributed by atoms with Crippen LogP contribution in [-0.2, 0) is 6.54 Å². The minimum Gasteiger partial charge on any atom is -0.327 e. The average Bonchev–Trinajstić information content (AvgIpc) is 2.92. The van der Waals surface area contributed by atoms with Gasteiger partial charge in [-0.2, -0.15) is 0 Å². The molecule has 2 N–H and O–H groups in total. The Kier molecular flexibility index (Phi) is 3.24. The number of nitrogens with zero attached hydrogens (tertiary/aromatic N) is 2. The Balaban J connectivity index is 1.72. The van der Waals surface area contributed by atoms with E-state index in [0.717, 1.165) is 25.1 Å². The normalized spacial score (nSPS) is 30.5. The fraction of sp³-hybridized carbons (Fsp3) is 0.571. The molecule has 3 atom stereocenters. The van der Waals surface area contributed by atoms with E-state index in [-0.39, 0.29) is 10.6 Å². The Morgan fingerprint density at radius 2 is 2.11 bits per heavy atom. The van der Waals surface area contributed by atoms with Gasteiger partial charge in [0.05, 0.1) is 4.92 Å². The first kappa shape index (κ1) is 12.6. The lowest BCUT2D eigenvalue weighted by atomic mass is 9.98. The number of benzene rings is 1. The van der Waals surface area contributed by atoms with Gasteiger partial charge in [0.2, 0.25) is 0 Å². The van der Waals surface area contributed by atoms with Gasteiger partial charge in [0.25, 0.3) is 5.69 Å². The van der Waals surface area contributed by atoms with Crippen LogP contribution in [0.15, 0.2) is 24.3 Å². The van der Waals surface area contributed by atoms with E-state index in [0.29, 0.717) is 24.4 Å². The third kappa shape index (κ3) is 2.35. The van der Waals surface area contributed by atoms with Crippen LogP contribution in [0.4, 0.5) is 5.69 Å². The lowest BCUT2D eigenvalue weighted by Gasteiger charge is -2.18. The zero-order valence-corrected chi connectivity index (χ0v) is 10.9. The first-order chi connectivity index (χ1) is 9.15. The first-order valence-electron chi connectivity index (χ1n) is 6.85. The van der Waals surface area contributed by atoms with E-state index >= 15 is 0 Å². The van der Waals surface area contributed by atoms with Crippen molar-refractivity contribution < 1.29 is 4.92 Å². The molecule has 0 amide bonds. The van der Waals surface area contributed by atoms with Crippen molar-refractivity contribution in [2.45, 2.75) is 25.4 Å². The summed E-state index contributed by atoms with van der Waals surface area (Å²) in [7, 11) is 0. The molecule has 1 saturated heterocycles. The molecule has 1 aromatic rings. The number of nitro benzene ring substituents is 1. The van der Waals surface area contributed by atoms with Gasteiger partial charge in [-0.25, -0.2) is 0 Å². The van der Waals surface area contributed by atoms with Gasteiger partial charge in [-0.1, -0.05) is 18.2 Å². The van der Waals surface area contributed by atoms with Gasteiger partial charge < -0.3 is 5.73 Å². The van der Waals surface area contributed by atoms with Gasteiger partial charge >= 0.3 is 0 Å². The second kappa shape index (κ2) is 4.90. The molecule has 1 aliphatic heterocycles. The largest absolute Gasteiger partial charge is 0.327 e. The van der Waals surface area contributed by atoms with E-state index in [1.807, 2.05) is 12.1 Å². The molecule has 1 heterocycles. The zero-order valence-electron chi connectivity index (χ0n) is 10.9. The van der Waals surface area contributed by atoms with Crippen LogP contribution >= 0.6 is 0 Å². The number of nitrogens with two attached hydrogens (primary N) is 1. The number of rotatable bonds is 3. The van der Waals surface area contributed by atoms with E-state index in [1.54, 1.807) is 12.1 Å². The maximum atomic E-state index is 11.0. The predicted octanol–water partition coefficient (Wildman–Crippen LogP) is 1.76. The van der Waals surface area contributed by atoms with E-state index in [2.05, 4.69) is 4.90 Å². The molecule has 1 aliphatic carbocycles. The van der Waals surface area contributed by atoms with Crippen LogP contribution in [0.2, 0.25) is 0 Å². The predicted molar refractivity (Wildman–Crippen MR) is 72.6 cm³/mol. The van der Waals surface area contributed by atoms with Gasteiger partial charge in [-0.05, 0) is 24.7 Å². The second-order valence-electron chi connectivity index (χ2n) is 5.75. The number of likely N-dealkylation sites (tertiary alicyclic amines) is 1. The van der Waals surface area contributed by atoms with Gasteiger partial charge in [0.1, 0.15) is 0 Å². The molecule has 2 fully saturated rings. The van der Waals surface area contributed by atoms with Gasteiger partial charge in [-0.3, -0.25) is 15.0 Å². The van der Waals surface area contributed by atoms with Crippen molar-refractivity contribution in [1.82, 2.24) is 4.90 Å². The summed E-state index contributed by atoms with van der Waals surface area (Å²) >= 11 is 0. The summed E-state index contributed by atoms with van der Waals surface area (Å²) in [6, 6.07) is 7.34. The lowest BCUT2D eigenvalue weighted by Crippen LogP contribution is -2.30. The Morgan fingerprint density at radius 1 is 1.32 bits per heavy atom. The molecule has 1 saturated carbocycles. The SMILES string of the molecule is NC1CCC2CN(Cc3ccccc3[N+](=O)[O-])CC12. The molecule has 5 heteroatoms. The first-order valence-corrected chi connectivity index (χ1v) is 6.85. The van der Waals surface area contributed by atoms with Crippen LogP contribution in [0.25, 0.3) is 0 Å². The number of hydrogen-bond acceptors (Lipinski definition) is 4. The Hall–Kier alpha value is -1.46. The maximum absolute atomic E-state index is 11.0. The fourth-order valence-corrected chi connectivity index (χ4v) is 3.59. The molecule has 1 aromatic carbocycles. The third-order valence-electron chi connectivity index (χ3n) is 4.57. The molecule has 0 bridgehead atoms. The van der Waals surface area contributed by atoms with Crippen molar-refractivity contribution in [2.24, 2.45) is 17.6 Å². The van der Waals surface area contributed by atoms with E-state index in [1.165, 1.54) is 6.42 Å². The maximum Gasteiger partial charge on any atom is 0.273 e.